The second kappa shape index (κ2) is 6.23. The molecule has 0 aliphatic heterocycles. The molecule has 1 aromatic rings. The lowest BCUT2D eigenvalue weighted by Gasteiger charge is -2.09. The summed E-state index contributed by atoms with van der Waals surface area (Å²) in [5.74, 6) is -0.462. The van der Waals surface area contributed by atoms with Crippen molar-refractivity contribution >= 4 is 5.91 Å². The molecule has 4 heteroatoms. The quantitative estimate of drug-likeness (QED) is 0.788. The Balaban J connectivity index is 2.40. The predicted molar refractivity (Wildman–Crippen MR) is 59.4 cm³/mol. The zero-order chi connectivity index (χ0) is 12.0. The van der Waals surface area contributed by atoms with E-state index >= 15 is 0 Å². The molecule has 0 spiro atoms. The Kier molecular flexibility index (Phi) is 4.92. The number of carbonyl (C=O) groups is 1. The van der Waals surface area contributed by atoms with E-state index in [-0.39, 0.29) is 30.7 Å². The van der Waals surface area contributed by atoms with Crippen LogP contribution in [0.15, 0.2) is 24.3 Å². The van der Waals surface area contributed by atoms with E-state index in [1.165, 1.54) is 12.1 Å². The van der Waals surface area contributed by atoms with Gasteiger partial charge in [0.15, 0.2) is 0 Å². The van der Waals surface area contributed by atoms with Crippen LogP contribution < -0.4 is 5.32 Å². The molecular weight excluding hydrogens is 209 g/mol. The van der Waals surface area contributed by atoms with Gasteiger partial charge in [-0.3, -0.25) is 4.79 Å². The van der Waals surface area contributed by atoms with Crippen molar-refractivity contribution < 1.29 is 14.3 Å². The van der Waals surface area contributed by atoms with Crippen LogP contribution in [-0.2, 0) is 11.2 Å². The number of amides is 1. The zero-order valence-corrected chi connectivity index (χ0v) is 9.24. The number of benzene rings is 1. The summed E-state index contributed by atoms with van der Waals surface area (Å²) in [5, 5.41) is 11.5. The largest absolute Gasteiger partial charge is 0.396 e. The summed E-state index contributed by atoms with van der Waals surface area (Å²) in [7, 11) is 0. The lowest BCUT2D eigenvalue weighted by molar-refractivity contribution is -0.120. The maximum Gasteiger partial charge on any atom is 0.224 e. The highest BCUT2D eigenvalue weighted by Gasteiger charge is 2.06. The molecule has 1 rings (SSSR count). The second-order valence-corrected chi connectivity index (χ2v) is 3.90. The number of hydrogen-bond donors (Lipinski definition) is 2. The van der Waals surface area contributed by atoms with E-state index in [4.69, 9.17) is 5.11 Å². The molecule has 0 saturated carbocycles. The average molecular weight is 225 g/mol. The summed E-state index contributed by atoms with van der Waals surface area (Å²) >= 11 is 0. The van der Waals surface area contributed by atoms with Crippen LogP contribution in [-0.4, -0.2) is 24.2 Å². The van der Waals surface area contributed by atoms with Crippen LogP contribution in [0.3, 0.4) is 0 Å². The minimum atomic E-state index is -0.339. The lowest BCUT2D eigenvalue weighted by atomic mass is 10.1. The average Bonchev–Trinajstić information content (AvgIpc) is 2.26. The SMILES string of the molecule is CC(CO)CNC(=O)Cc1cccc(F)c1. The molecule has 16 heavy (non-hydrogen) atoms. The Bertz CT molecular complexity index is 355. The van der Waals surface area contributed by atoms with Crippen LogP contribution in [0.5, 0.6) is 0 Å². The normalized spacial score (nSPS) is 12.2. The maximum atomic E-state index is 12.8. The molecule has 0 heterocycles. The molecule has 0 aliphatic carbocycles. The molecule has 1 atom stereocenters. The summed E-state index contributed by atoms with van der Waals surface area (Å²) in [6.07, 6.45) is 0.163. The summed E-state index contributed by atoms with van der Waals surface area (Å²) < 4.78 is 12.8. The Morgan fingerprint density at radius 2 is 2.31 bits per heavy atom. The molecular formula is C12H16FNO2. The minimum Gasteiger partial charge on any atom is -0.396 e. The van der Waals surface area contributed by atoms with Crippen molar-refractivity contribution in [2.45, 2.75) is 13.3 Å². The molecule has 0 aliphatic rings. The molecule has 1 amide bonds. The van der Waals surface area contributed by atoms with E-state index in [0.717, 1.165) is 0 Å². The van der Waals surface area contributed by atoms with E-state index < -0.39 is 0 Å². The van der Waals surface area contributed by atoms with Gasteiger partial charge in [0, 0.05) is 13.2 Å². The summed E-state index contributed by atoms with van der Waals surface area (Å²) in [4.78, 5) is 11.4. The maximum absolute atomic E-state index is 12.8. The van der Waals surface area contributed by atoms with Crippen LogP contribution in [0.1, 0.15) is 12.5 Å². The molecule has 88 valence electrons. The van der Waals surface area contributed by atoms with Crippen molar-refractivity contribution in [1.29, 1.82) is 0 Å². The first-order valence-electron chi connectivity index (χ1n) is 5.24. The monoisotopic (exact) mass is 225 g/mol. The molecule has 1 unspecified atom stereocenters. The lowest BCUT2D eigenvalue weighted by Crippen LogP contribution is -2.30. The standard InChI is InChI=1S/C12H16FNO2/c1-9(8-15)7-14-12(16)6-10-3-2-4-11(13)5-10/h2-5,9,15H,6-8H2,1H3,(H,14,16). The van der Waals surface area contributed by atoms with Gasteiger partial charge in [-0.25, -0.2) is 4.39 Å². The van der Waals surface area contributed by atoms with E-state index in [1.807, 2.05) is 6.92 Å². The summed E-state index contributed by atoms with van der Waals surface area (Å²) in [6.45, 7) is 2.31. The molecule has 3 nitrogen and oxygen atoms in total. The third-order valence-electron chi connectivity index (χ3n) is 2.21. The van der Waals surface area contributed by atoms with Crippen molar-refractivity contribution in [3.8, 4) is 0 Å². The van der Waals surface area contributed by atoms with E-state index in [1.54, 1.807) is 12.1 Å². The number of rotatable bonds is 5. The van der Waals surface area contributed by atoms with Gasteiger partial charge in [-0.15, -0.1) is 0 Å². The Morgan fingerprint density at radius 1 is 1.56 bits per heavy atom. The summed E-state index contributed by atoms with van der Waals surface area (Å²) in [5.41, 5.74) is 0.647. The van der Waals surface area contributed by atoms with E-state index in [9.17, 15) is 9.18 Å². The summed E-state index contributed by atoms with van der Waals surface area (Å²) in [6, 6.07) is 5.97. The molecule has 0 aromatic heterocycles. The molecule has 0 fully saturated rings. The highest BCUT2D eigenvalue weighted by molar-refractivity contribution is 5.78. The topological polar surface area (TPSA) is 49.3 Å². The molecule has 2 N–H and O–H groups in total. The van der Waals surface area contributed by atoms with Gasteiger partial charge >= 0.3 is 0 Å². The van der Waals surface area contributed by atoms with Crippen LogP contribution in [0.4, 0.5) is 4.39 Å². The van der Waals surface area contributed by atoms with Gasteiger partial charge in [0.2, 0.25) is 5.91 Å². The first kappa shape index (κ1) is 12.6. The van der Waals surface area contributed by atoms with Gasteiger partial charge in [0.25, 0.3) is 0 Å². The molecule has 0 bridgehead atoms. The zero-order valence-electron chi connectivity index (χ0n) is 9.24. The predicted octanol–water partition coefficient (Wildman–Crippen LogP) is 1.11. The number of hydrogen-bond acceptors (Lipinski definition) is 2. The first-order chi connectivity index (χ1) is 7.61. The highest BCUT2D eigenvalue weighted by Crippen LogP contribution is 2.04. The van der Waals surface area contributed by atoms with Crippen molar-refractivity contribution in [3.63, 3.8) is 0 Å². The Morgan fingerprint density at radius 3 is 2.94 bits per heavy atom. The van der Waals surface area contributed by atoms with E-state index in [2.05, 4.69) is 5.32 Å². The van der Waals surface area contributed by atoms with Gasteiger partial charge in [0.1, 0.15) is 5.82 Å². The van der Waals surface area contributed by atoms with Crippen molar-refractivity contribution in [1.82, 2.24) is 5.32 Å². The van der Waals surface area contributed by atoms with Crippen LogP contribution in [0, 0.1) is 11.7 Å². The fourth-order valence-corrected chi connectivity index (χ4v) is 1.25. The molecule has 0 saturated heterocycles. The second-order valence-electron chi connectivity index (χ2n) is 3.90. The van der Waals surface area contributed by atoms with Crippen molar-refractivity contribution in [2.24, 2.45) is 5.92 Å². The molecule has 0 radical (unpaired) electrons. The number of halogens is 1. The number of carbonyl (C=O) groups excluding carboxylic acids is 1. The molecule has 1 aromatic carbocycles. The van der Waals surface area contributed by atoms with Gasteiger partial charge in [-0.05, 0) is 23.6 Å². The van der Waals surface area contributed by atoms with E-state index in [0.29, 0.717) is 12.1 Å². The fourth-order valence-electron chi connectivity index (χ4n) is 1.25. The van der Waals surface area contributed by atoms with Gasteiger partial charge in [0.05, 0.1) is 6.42 Å². The van der Waals surface area contributed by atoms with Gasteiger partial charge in [-0.1, -0.05) is 19.1 Å². The number of nitrogens with one attached hydrogen (secondary N) is 1. The fraction of sp³-hybridized carbons (Fsp3) is 0.417. The Hall–Kier alpha value is -1.42. The third kappa shape index (κ3) is 4.40. The number of aliphatic hydroxyl groups excluding tert-OH is 1. The van der Waals surface area contributed by atoms with Crippen molar-refractivity contribution in [2.75, 3.05) is 13.2 Å². The third-order valence-corrected chi connectivity index (χ3v) is 2.21. The smallest absolute Gasteiger partial charge is 0.224 e. The highest BCUT2D eigenvalue weighted by atomic mass is 19.1. The Labute approximate surface area is 94.3 Å². The van der Waals surface area contributed by atoms with Crippen molar-refractivity contribution in [3.05, 3.63) is 35.6 Å². The van der Waals surface area contributed by atoms with Gasteiger partial charge in [-0.2, -0.15) is 0 Å². The van der Waals surface area contributed by atoms with Crippen LogP contribution in [0.25, 0.3) is 0 Å². The minimum absolute atomic E-state index is 0.0384. The first-order valence-corrected chi connectivity index (χ1v) is 5.24. The number of aliphatic hydroxyl groups is 1. The van der Waals surface area contributed by atoms with Gasteiger partial charge < -0.3 is 10.4 Å². The van der Waals surface area contributed by atoms with Crippen LogP contribution >= 0.6 is 0 Å². The van der Waals surface area contributed by atoms with Crippen LogP contribution in [0.2, 0.25) is 0 Å².